The number of carbonyl (C=O) groups excluding carboxylic acids is 2. The van der Waals surface area contributed by atoms with Gasteiger partial charge < -0.3 is 14.8 Å². The van der Waals surface area contributed by atoms with Gasteiger partial charge in [-0.2, -0.15) is 0 Å². The highest BCUT2D eigenvalue weighted by molar-refractivity contribution is 7.92. The molecule has 1 aliphatic rings. The first kappa shape index (κ1) is 33.1. The van der Waals surface area contributed by atoms with E-state index in [9.17, 15) is 13.8 Å². The Morgan fingerprint density at radius 1 is 1.05 bits per heavy atom. The number of aromatic nitrogens is 2. The monoisotopic (exact) mass is 626 g/mol. The third kappa shape index (κ3) is 9.82. The Morgan fingerprint density at radius 3 is 2.17 bits per heavy atom. The first-order chi connectivity index (χ1) is 18.9. The minimum absolute atomic E-state index is 0.0173. The molecule has 1 heterocycles. The van der Waals surface area contributed by atoms with Gasteiger partial charge in [0.05, 0.1) is 0 Å². The first-order valence-corrected chi connectivity index (χ1v) is 16.3. The number of nitrogens with zero attached hydrogens (tertiary/aromatic N) is 2. The van der Waals surface area contributed by atoms with Crippen molar-refractivity contribution >= 4 is 45.0 Å². The number of nitrogens with one attached hydrogen (secondary N) is 2. The molecular weight excluding hydrogens is 587 g/mol. The molecule has 1 aromatic carbocycles. The zero-order chi connectivity index (χ0) is 30.6. The molecule has 0 saturated heterocycles. The Labute approximate surface area is 253 Å². The molecule has 2 aromatic rings. The van der Waals surface area contributed by atoms with E-state index in [1.165, 1.54) is 0 Å². The van der Waals surface area contributed by atoms with Crippen molar-refractivity contribution in [2.45, 2.75) is 96.3 Å². The third-order valence-corrected chi connectivity index (χ3v) is 9.01. The maximum absolute atomic E-state index is 13.3. The number of amides is 1. The van der Waals surface area contributed by atoms with E-state index in [1.807, 2.05) is 6.07 Å². The molecule has 0 radical (unpaired) electrons. The highest BCUT2D eigenvalue weighted by Crippen LogP contribution is 2.45. The smallest absolute Gasteiger partial charge is 0.408 e. The average Bonchev–Trinajstić information content (AvgIpc) is 2.79. The van der Waals surface area contributed by atoms with Gasteiger partial charge in [0.25, 0.3) is 0 Å². The van der Waals surface area contributed by atoms with Gasteiger partial charge in [0.2, 0.25) is 0 Å². The van der Waals surface area contributed by atoms with Crippen molar-refractivity contribution in [1.82, 2.24) is 15.3 Å². The molecule has 1 fully saturated rings. The number of hydrogen-bond donors (Lipinski definition) is 2. The van der Waals surface area contributed by atoms with Crippen molar-refractivity contribution in [3.63, 3.8) is 0 Å². The predicted octanol–water partition coefficient (Wildman–Crippen LogP) is 6.93. The summed E-state index contributed by atoms with van der Waals surface area (Å²) in [5, 5.41) is 3.58. The van der Waals surface area contributed by atoms with Crippen molar-refractivity contribution in [2.75, 3.05) is 11.5 Å². The summed E-state index contributed by atoms with van der Waals surface area (Å²) in [5.41, 5.74) is -0.355. The Morgan fingerprint density at radius 2 is 1.66 bits per heavy atom. The van der Waals surface area contributed by atoms with Crippen LogP contribution in [0.2, 0.25) is 10.0 Å². The molecule has 0 aliphatic heterocycles. The number of benzene rings is 1. The minimum Gasteiger partial charge on any atom is -0.458 e. The number of halogens is 2. The normalized spacial score (nSPS) is 17.1. The minimum atomic E-state index is -3.09. The molecule has 41 heavy (non-hydrogen) atoms. The molecule has 0 spiro atoms. The second kappa shape index (κ2) is 12.8. The topological polar surface area (TPSA) is 131 Å². The second-order valence-electron chi connectivity index (χ2n) is 12.5. The fourth-order valence-corrected chi connectivity index (χ4v) is 6.55. The van der Waals surface area contributed by atoms with Gasteiger partial charge in [0.15, 0.2) is 0 Å². The zero-order valence-electron chi connectivity index (χ0n) is 24.5. The van der Waals surface area contributed by atoms with E-state index in [-0.39, 0.29) is 23.3 Å². The van der Waals surface area contributed by atoms with Crippen LogP contribution in [0.3, 0.4) is 0 Å². The van der Waals surface area contributed by atoms with Gasteiger partial charge in [0, 0.05) is 60.2 Å². The van der Waals surface area contributed by atoms with Gasteiger partial charge in [-0.15, -0.1) is 0 Å². The van der Waals surface area contributed by atoms with Gasteiger partial charge in [-0.25, -0.2) is 23.8 Å². The molecule has 12 heteroatoms. The van der Waals surface area contributed by atoms with Crippen LogP contribution in [-0.2, 0) is 29.4 Å². The fourth-order valence-electron chi connectivity index (χ4n) is 4.50. The second-order valence-corrected chi connectivity index (χ2v) is 15.8. The molecule has 1 unspecified atom stereocenters. The summed E-state index contributed by atoms with van der Waals surface area (Å²) in [7, 11) is -3.09. The summed E-state index contributed by atoms with van der Waals surface area (Å²) in [6.45, 7) is 10.3. The van der Waals surface area contributed by atoms with Gasteiger partial charge in [-0.05, 0) is 79.4 Å². The lowest BCUT2D eigenvalue weighted by Crippen LogP contribution is -2.47. The quantitative estimate of drug-likeness (QED) is 0.273. The fraction of sp³-hybridized carbons (Fsp3) is 0.586. The average molecular weight is 628 g/mol. The van der Waals surface area contributed by atoms with Gasteiger partial charge >= 0.3 is 12.1 Å². The van der Waals surface area contributed by atoms with Crippen LogP contribution in [0.15, 0.2) is 30.6 Å². The summed E-state index contributed by atoms with van der Waals surface area (Å²) in [6, 6.07) is 4.15. The molecule has 226 valence electrons. The van der Waals surface area contributed by atoms with Gasteiger partial charge in [0.1, 0.15) is 23.1 Å². The lowest BCUT2D eigenvalue weighted by Gasteiger charge is -2.40. The molecule has 1 aliphatic carbocycles. The lowest BCUT2D eigenvalue weighted by molar-refractivity contribution is -0.157. The highest BCUT2D eigenvalue weighted by atomic mass is 35.5. The van der Waals surface area contributed by atoms with Crippen LogP contribution in [0.25, 0.3) is 11.1 Å². The van der Waals surface area contributed by atoms with Crippen molar-refractivity contribution in [3.8, 4) is 11.1 Å². The van der Waals surface area contributed by atoms with E-state index in [1.54, 1.807) is 66.1 Å². The predicted molar refractivity (Wildman–Crippen MR) is 162 cm³/mol. The summed E-state index contributed by atoms with van der Waals surface area (Å²) in [4.78, 5) is 34.5. The number of carbonyl (C=O) groups is 2. The van der Waals surface area contributed by atoms with E-state index < -0.39 is 39.0 Å². The van der Waals surface area contributed by atoms with E-state index in [2.05, 4.69) is 15.3 Å². The summed E-state index contributed by atoms with van der Waals surface area (Å²) in [6.07, 6.45) is 5.80. The van der Waals surface area contributed by atoms with Crippen molar-refractivity contribution in [3.05, 3.63) is 46.5 Å². The van der Waals surface area contributed by atoms with Crippen LogP contribution in [0, 0.1) is 4.78 Å². The van der Waals surface area contributed by atoms with Gasteiger partial charge in [-0.3, -0.25) is 4.78 Å². The van der Waals surface area contributed by atoms with Gasteiger partial charge in [-0.1, -0.05) is 35.7 Å². The number of esters is 1. The van der Waals surface area contributed by atoms with Crippen molar-refractivity contribution in [1.29, 1.82) is 4.78 Å². The Balaban J connectivity index is 1.67. The SMILES string of the molecule is CC(C)(C)OC(=O)N[C@@H](CCS(=N)(=O)CCC1(c2ncc(-c3ccc(Cl)cc3Cl)cn2)CCC1)C(=O)OC(C)(C)C. The van der Waals surface area contributed by atoms with Crippen LogP contribution in [-0.4, -0.2) is 55.0 Å². The molecule has 2 N–H and O–H groups in total. The summed E-state index contributed by atoms with van der Waals surface area (Å²) < 4.78 is 32.6. The van der Waals surface area contributed by atoms with Crippen LogP contribution in [0.5, 0.6) is 0 Å². The molecule has 0 bridgehead atoms. The lowest BCUT2D eigenvalue weighted by atomic mass is 9.66. The summed E-state index contributed by atoms with van der Waals surface area (Å²) in [5.74, 6) is 0.0287. The maximum Gasteiger partial charge on any atom is 0.408 e. The highest BCUT2D eigenvalue weighted by Gasteiger charge is 2.41. The maximum atomic E-state index is 13.3. The van der Waals surface area contributed by atoms with E-state index >= 15 is 0 Å². The molecule has 1 aromatic heterocycles. The standard InChI is InChI=1S/C29H40Cl2N4O5S/c1-27(2,3)39-24(36)23(35-26(37)40-28(4,5)6)10-14-41(32,38)15-13-29(11-7-12-29)25-33-17-19(18-34-25)21-9-8-20(30)16-22(21)31/h8-9,16-18,23,32H,7,10-15H2,1-6H3,(H,35,37)/t23-,41?/m0/s1. The number of hydrogen-bond acceptors (Lipinski definition) is 8. The molecule has 3 rings (SSSR count). The molecule has 9 nitrogen and oxygen atoms in total. The molecule has 2 atom stereocenters. The first-order valence-electron chi connectivity index (χ1n) is 13.6. The Kier molecular flexibility index (Phi) is 10.4. The van der Waals surface area contributed by atoms with Crippen LogP contribution in [0.4, 0.5) is 4.79 Å². The largest absolute Gasteiger partial charge is 0.458 e. The molecular formula is C29H40Cl2N4O5S. The number of ether oxygens (including phenoxy) is 2. The van der Waals surface area contributed by atoms with E-state index in [4.69, 9.17) is 37.5 Å². The van der Waals surface area contributed by atoms with E-state index in [0.717, 1.165) is 30.4 Å². The van der Waals surface area contributed by atoms with Crippen molar-refractivity contribution in [2.24, 2.45) is 0 Å². The Bertz CT molecular complexity index is 1350. The zero-order valence-corrected chi connectivity index (χ0v) is 26.8. The summed E-state index contributed by atoms with van der Waals surface area (Å²) >= 11 is 12.4. The van der Waals surface area contributed by atoms with Crippen LogP contribution < -0.4 is 5.32 Å². The molecule has 1 saturated carbocycles. The Hall–Kier alpha value is -2.43. The van der Waals surface area contributed by atoms with Crippen molar-refractivity contribution < 1.29 is 23.3 Å². The number of rotatable bonds is 10. The van der Waals surface area contributed by atoms with Crippen LogP contribution in [0.1, 0.15) is 79.5 Å². The third-order valence-electron chi connectivity index (χ3n) is 6.71. The van der Waals surface area contributed by atoms with Crippen LogP contribution >= 0.6 is 23.2 Å². The van der Waals surface area contributed by atoms with E-state index in [0.29, 0.717) is 22.3 Å². The molecule has 1 amide bonds. The number of alkyl carbamates (subject to hydrolysis) is 1.